The molecule has 3 N–H and O–H groups in total. The standard InChI is InChI=1S/C15H15BrN2O3/c1-20-10-4-6-13(12(17)8-10)18-15(19)11-5-3-9(16)7-14(11)21-2/h3-8H,17H2,1-2H3,(H,18,19). The van der Waals surface area contributed by atoms with Crippen molar-refractivity contribution < 1.29 is 14.3 Å². The second-order valence-corrected chi connectivity index (χ2v) is 5.17. The molecule has 0 atom stereocenters. The summed E-state index contributed by atoms with van der Waals surface area (Å²) in [6.07, 6.45) is 0. The lowest BCUT2D eigenvalue weighted by molar-refractivity contribution is 0.102. The van der Waals surface area contributed by atoms with Crippen molar-refractivity contribution in [2.45, 2.75) is 0 Å². The van der Waals surface area contributed by atoms with Gasteiger partial charge in [0.05, 0.1) is 31.2 Å². The molecule has 2 aromatic carbocycles. The predicted octanol–water partition coefficient (Wildman–Crippen LogP) is 3.30. The molecule has 0 saturated carbocycles. The van der Waals surface area contributed by atoms with Crippen LogP contribution in [-0.4, -0.2) is 20.1 Å². The number of hydrogen-bond acceptors (Lipinski definition) is 4. The molecule has 0 unspecified atom stereocenters. The fourth-order valence-electron chi connectivity index (χ4n) is 1.82. The minimum atomic E-state index is -0.295. The van der Waals surface area contributed by atoms with Crippen LogP contribution in [0.4, 0.5) is 11.4 Å². The van der Waals surface area contributed by atoms with Crippen LogP contribution in [0.5, 0.6) is 11.5 Å². The van der Waals surface area contributed by atoms with E-state index in [1.54, 1.807) is 43.5 Å². The number of hydrogen-bond donors (Lipinski definition) is 2. The van der Waals surface area contributed by atoms with Crippen LogP contribution in [0.1, 0.15) is 10.4 Å². The average Bonchev–Trinajstić information content (AvgIpc) is 2.48. The van der Waals surface area contributed by atoms with Crippen molar-refractivity contribution in [2.75, 3.05) is 25.3 Å². The van der Waals surface area contributed by atoms with Crippen molar-refractivity contribution in [1.82, 2.24) is 0 Å². The Morgan fingerprint density at radius 1 is 1.14 bits per heavy atom. The summed E-state index contributed by atoms with van der Waals surface area (Å²) >= 11 is 3.33. The van der Waals surface area contributed by atoms with Crippen LogP contribution in [0.3, 0.4) is 0 Å². The summed E-state index contributed by atoms with van der Waals surface area (Å²) < 4.78 is 11.1. The Hall–Kier alpha value is -2.21. The molecule has 110 valence electrons. The van der Waals surface area contributed by atoms with Gasteiger partial charge in [-0.2, -0.15) is 0 Å². The summed E-state index contributed by atoms with van der Waals surface area (Å²) in [4.78, 5) is 12.3. The highest BCUT2D eigenvalue weighted by molar-refractivity contribution is 9.10. The molecule has 0 spiro atoms. The first-order valence-electron chi connectivity index (χ1n) is 6.13. The van der Waals surface area contributed by atoms with Gasteiger partial charge in [0.2, 0.25) is 0 Å². The number of benzene rings is 2. The first-order chi connectivity index (χ1) is 10.0. The Kier molecular flexibility index (Phi) is 4.70. The van der Waals surface area contributed by atoms with E-state index in [0.717, 1.165) is 4.47 Å². The summed E-state index contributed by atoms with van der Waals surface area (Å²) in [5, 5.41) is 2.76. The van der Waals surface area contributed by atoms with E-state index in [1.165, 1.54) is 7.11 Å². The van der Waals surface area contributed by atoms with E-state index in [-0.39, 0.29) is 5.91 Å². The maximum atomic E-state index is 12.3. The molecule has 0 saturated heterocycles. The summed E-state index contributed by atoms with van der Waals surface area (Å²) in [5.74, 6) is 0.817. The van der Waals surface area contributed by atoms with Crippen molar-refractivity contribution in [3.63, 3.8) is 0 Å². The zero-order valence-corrected chi connectivity index (χ0v) is 13.2. The Morgan fingerprint density at radius 3 is 2.52 bits per heavy atom. The Bertz CT molecular complexity index is 674. The van der Waals surface area contributed by atoms with E-state index in [2.05, 4.69) is 21.2 Å². The lowest BCUT2D eigenvalue weighted by Gasteiger charge is -2.12. The highest BCUT2D eigenvalue weighted by Gasteiger charge is 2.14. The number of nitrogens with one attached hydrogen (secondary N) is 1. The molecule has 0 bridgehead atoms. The molecule has 0 aliphatic heterocycles. The number of anilines is 2. The predicted molar refractivity (Wildman–Crippen MR) is 86.1 cm³/mol. The second kappa shape index (κ2) is 6.49. The van der Waals surface area contributed by atoms with Crippen molar-refractivity contribution in [3.05, 3.63) is 46.4 Å². The summed E-state index contributed by atoms with van der Waals surface area (Å²) in [6.45, 7) is 0. The molecule has 2 aromatic rings. The normalized spacial score (nSPS) is 10.0. The fourth-order valence-corrected chi connectivity index (χ4v) is 2.16. The SMILES string of the molecule is COc1ccc(NC(=O)c2ccc(Br)cc2OC)c(N)c1. The zero-order chi connectivity index (χ0) is 15.4. The fraction of sp³-hybridized carbons (Fsp3) is 0.133. The minimum Gasteiger partial charge on any atom is -0.497 e. The second-order valence-electron chi connectivity index (χ2n) is 4.25. The van der Waals surface area contributed by atoms with Crippen LogP contribution in [-0.2, 0) is 0 Å². The number of nitrogen functional groups attached to an aromatic ring is 1. The number of halogens is 1. The van der Waals surface area contributed by atoms with E-state index < -0.39 is 0 Å². The van der Waals surface area contributed by atoms with Crippen molar-refractivity contribution in [2.24, 2.45) is 0 Å². The highest BCUT2D eigenvalue weighted by Crippen LogP contribution is 2.27. The maximum absolute atomic E-state index is 12.3. The van der Waals surface area contributed by atoms with Crippen molar-refractivity contribution in [1.29, 1.82) is 0 Å². The number of carbonyl (C=O) groups excluding carboxylic acids is 1. The number of methoxy groups -OCH3 is 2. The van der Waals surface area contributed by atoms with Crippen LogP contribution in [0.25, 0.3) is 0 Å². The molecule has 0 aliphatic rings. The quantitative estimate of drug-likeness (QED) is 0.829. The number of nitrogens with two attached hydrogens (primary N) is 1. The van der Waals surface area contributed by atoms with Crippen LogP contribution >= 0.6 is 15.9 Å². The highest BCUT2D eigenvalue weighted by atomic mass is 79.9. The maximum Gasteiger partial charge on any atom is 0.259 e. The number of amides is 1. The van der Waals surface area contributed by atoms with Gasteiger partial charge in [0.15, 0.2) is 0 Å². The van der Waals surface area contributed by atoms with Gasteiger partial charge in [0.1, 0.15) is 11.5 Å². The van der Waals surface area contributed by atoms with Gasteiger partial charge in [0.25, 0.3) is 5.91 Å². The largest absolute Gasteiger partial charge is 0.497 e. The van der Waals surface area contributed by atoms with E-state index >= 15 is 0 Å². The van der Waals surface area contributed by atoms with Gasteiger partial charge < -0.3 is 20.5 Å². The first kappa shape index (κ1) is 15.2. The molecule has 0 aliphatic carbocycles. The van der Waals surface area contributed by atoms with Gasteiger partial charge >= 0.3 is 0 Å². The van der Waals surface area contributed by atoms with Gasteiger partial charge in [-0.1, -0.05) is 15.9 Å². The number of carbonyl (C=O) groups is 1. The topological polar surface area (TPSA) is 73.6 Å². The molecule has 5 nitrogen and oxygen atoms in total. The van der Waals surface area contributed by atoms with Crippen LogP contribution < -0.4 is 20.5 Å². The average molecular weight is 351 g/mol. The summed E-state index contributed by atoms with van der Waals surface area (Å²) in [5.41, 5.74) is 7.26. The Balaban J connectivity index is 2.26. The third-order valence-corrected chi connectivity index (χ3v) is 3.41. The molecule has 0 fully saturated rings. The number of rotatable bonds is 4. The van der Waals surface area contributed by atoms with Crippen LogP contribution in [0.2, 0.25) is 0 Å². The third-order valence-electron chi connectivity index (χ3n) is 2.92. The van der Waals surface area contributed by atoms with E-state index in [9.17, 15) is 4.79 Å². The molecule has 0 radical (unpaired) electrons. The lowest BCUT2D eigenvalue weighted by atomic mass is 10.1. The van der Waals surface area contributed by atoms with Gasteiger partial charge in [0, 0.05) is 10.5 Å². The lowest BCUT2D eigenvalue weighted by Crippen LogP contribution is -2.14. The molecule has 6 heteroatoms. The molecule has 1 amide bonds. The van der Waals surface area contributed by atoms with Crippen LogP contribution in [0, 0.1) is 0 Å². The minimum absolute atomic E-state index is 0.295. The van der Waals surface area contributed by atoms with E-state index in [0.29, 0.717) is 28.4 Å². The van der Waals surface area contributed by atoms with E-state index in [1.807, 2.05) is 0 Å². The Morgan fingerprint density at radius 2 is 1.90 bits per heavy atom. The monoisotopic (exact) mass is 350 g/mol. The smallest absolute Gasteiger partial charge is 0.259 e. The van der Waals surface area contributed by atoms with Gasteiger partial charge in [-0.05, 0) is 30.3 Å². The zero-order valence-electron chi connectivity index (χ0n) is 11.6. The van der Waals surface area contributed by atoms with E-state index in [4.69, 9.17) is 15.2 Å². The first-order valence-corrected chi connectivity index (χ1v) is 6.93. The Labute approximate surface area is 131 Å². The third kappa shape index (κ3) is 3.46. The number of ether oxygens (including phenoxy) is 2. The van der Waals surface area contributed by atoms with Crippen molar-refractivity contribution in [3.8, 4) is 11.5 Å². The van der Waals surface area contributed by atoms with Crippen molar-refractivity contribution >= 4 is 33.2 Å². The summed E-state index contributed by atoms with van der Waals surface area (Å²) in [6, 6.07) is 10.2. The molecule has 0 heterocycles. The van der Waals surface area contributed by atoms with Gasteiger partial charge in [-0.15, -0.1) is 0 Å². The molecular formula is C15H15BrN2O3. The molecule has 2 rings (SSSR count). The molecule has 21 heavy (non-hydrogen) atoms. The molecule has 0 aromatic heterocycles. The molecular weight excluding hydrogens is 336 g/mol. The van der Waals surface area contributed by atoms with Gasteiger partial charge in [-0.3, -0.25) is 4.79 Å². The van der Waals surface area contributed by atoms with Gasteiger partial charge in [-0.25, -0.2) is 0 Å². The summed E-state index contributed by atoms with van der Waals surface area (Å²) in [7, 11) is 3.07. The van der Waals surface area contributed by atoms with Crippen LogP contribution in [0.15, 0.2) is 40.9 Å².